The number of nitrogens with zero attached hydrogens (tertiary/aromatic N) is 1. The van der Waals surface area contributed by atoms with Gasteiger partial charge in [-0.15, -0.1) is 0 Å². The molecule has 4 N–H and O–H groups in total. The van der Waals surface area contributed by atoms with Crippen molar-refractivity contribution < 1.29 is 4.79 Å². The monoisotopic (exact) mass is 238 g/mol. The fourth-order valence-electron chi connectivity index (χ4n) is 1.77. The number of aromatic amines is 1. The van der Waals surface area contributed by atoms with Crippen molar-refractivity contribution in [3.8, 4) is 0 Å². The highest BCUT2D eigenvalue weighted by Crippen LogP contribution is 2.10. The lowest BCUT2D eigenvalue weighted by atomic mass is 9.96. The normalized spacial score (nSPS) is 12.7. The summed E-state index contributed by atoms with van der Waals surface area (Å²) in [6.07, 6.45) is 5.01. The van der Waals surface area contributed by atoms with E-state index in [1.54, 1.807) is 12.5 Å². The van der Waals surface area contributed by atoms with Crippen molar-refractivity contribution in [1.82, 2.24) is 15.3 Å². The van der Waals surface area contributed by atoms with Crippen LogP contribution in [0.4, 0.5) is 0 Å². The Kier molecular flexibility index (Phi) is 5.69. The number of hydrogen-bond donors (Lipinski definition) is 3. The van der Waals surface area contributed by atoms with Gasteiger partial charge in [-0.25, -0.2) is 4.98 Å². The summed E-state index contributed by atoms with van der Waals surface area (Å²) in [4.78, 5) is 18.7. The average Bonchev–Trinajstić information content (AvgIpc) is 2.78. The van der Waals surface area contributed by atoms with Crippen LogP contribution < -0.4 is 11.1 Å². The third kappa shape index (κ3) is 4.99. The highest BCUT2D eigenvalue weighted by molar-refractivity contribution is 5.78. The second kappa shape index (κ2) is 7.06. The van der Waals surface area contributed by atoms with Crippen LogP contribution in [0.25, 0.3) is 0 Å². The van der Waals surface area contributed by atoms with Gasteiger partial charge in [0.15, 0.2) is 0 Å². The van der Waals surface area contributed by atoms with Crippen LogP contribution in [0.1, 0.15) is 26.0 Å². The molecule has 1 atom stereocenters. The smallest absolute Gasteiger partial charge is 0.224 e. The molecule has 0 saturated carbocycles. The first kappa shape index (κ1) is 13.7. The quantitative estimate of drug-likeness (QED) is 0.653. The highest BCUT2D eigenvalue weighted by Gasteiger charge is 2.17. The number of H-pyrrole nitrogens is 1. The molecule has 5 heteroatoms. The van der Waals surface area contributed by atoms with E-state index in [2.05, 4.69) is 29.1 Å². The molecule has 5 nitrogen and oxygen atoms in total. The van der Waals surface area contributed by atoms with Crippen LogP contribution in [0, 0.1) is 11.8 Å². The Morgan fingerprint density at radius 1 is 1.59 bits per heavy atom. The Bertz CT molecular complexity index is 321. The lowest BCUT2D eigenvalue weighted by Gasteiger charge is -2.16. The van der Waals surface area contributed by atoms with E-state index in [9.17, 15) is 4.79 Å². The molecule has 0 radical (unpaired) electrons. The summed E-state index contributed by atoms with van der Waals surface area (Å²) in [5, 5.41) is 2.91. The summed E-state index contributed by atoms with van der Waals surface area (Å²) in [5.41, 5.74) is 6.64. The molecule has 1 rings (SSSR count). The molecule has 0 bridgehead atoms. The molecule has 96 valence electrons. The van der Waals surface area contributed by atoms with Gasteiger partial charge in [0.2, 0.25) is 5.91 Å². The molecule has 0 aliphatic carbocycles. The summed E-state index contributed by atoms with van der Waals surface area (Å²) in [6, 6.07) is 0. The van der Waals surface area contributed by atoms with E-state index >= 15 is 0 Å². The van der Waals surface area contributed by atoms with E-state index in [1.807, 2.05) is 0 Å². The molecule has 0 saturated heterocycles. The Morgan fingerprint density at radius 3 is 2.88 bits per heavy atom. The van der Waals surface area contributed by atoms with Gasteiger partial charge in [0, 0.05) is 31.4 Å². The average molecular weight is 238 g/mol. The molecule has 0 spiro atoms. The fourth-order valence-corrected chi connectivity index (χ4v) is 1.77. The molecule has 1 aromatic rings. The minimum Gasteiger partial charge on any atom is -0.355 e. The first-order valence-electron chi connectivity index (χ1n) is 6.08. The Hall–Kier alpha value is -1.36. The van der Waals surface area contributed by atoms with E-state index in [1.165, 1.54) is 0 Å². The molecule has 17 heavy (non-hydrogen) atoms. The van der Waals surface area contributed by atoms with Crippen LogP contribution in [0.3, 0.4) is 0 Å². The first-order valence-corrected chi connectivity index (χ1v) is 6.08. The van der Waals surface area contributed by atoms with Crippen molar-refractivity contribution in [1.29, 1.82) is 0 Å². The minimum absolute atomic E-state index is 0.0562. The van der Waals surface area contributed by atoms with E-state index in [0.717, 1.165) is 18.5 Å². The lowest BCUT2D eigenvalue weighted by Crippen LogP contribution is -2.36. The molecule has 1 unspecified atom stereocenters. The highest BCUT2D eigenvalue weighted by atomic mass is 16.1. The van der Waals surface area contributed by atoms with Gasteiger partial charge in [0.05, 0.1) is 12.2 Å². The van der Waals surface area contributed by atoms with Gasteiger partial charge in [-0.1, -0.05) is 13.8 Å². The largest absolute Gasteiger partial charge is 0.355 e. The maximum atomic E-state index is 11.8. The molecule has 0 aromatic carbocycles. The Morgan fingerprint density at radius 2 is 2.35 bits per heavy atom. The Balaban J connectivity index is 2.27. The van der Waals surface area contributed by atoms with Crippen molar-refractivity contribution in [2.75, 3.05) is 13.1 Å². The van der Waals surface area contributed by atoms with Crippen LogP contribution in [-0.2, 0) is 11.2 Å². The summed E-state index contributed by atoms with van der Waals surface area (Å²) in [7, 11) is 0. The van der Waals surface area contributed by atoms with Crippen LogP contribution in [0.5, 0.6) is 0 Å². The topological polar surface area (TPSA) is 83.8 Å². The van der Waals surface area contributed by atoms with Crippen LogP contribution >= 0.6 is 0 Å². The van der Waals surface area contributed by atoms with Gasteiger partial charge < -0.3 is 16.0 Å². The lowest BCUT2D eigenvalue weighted by molar-refractivity contribution is -0.125. The molecule has 1 amide bonds. The van der Waals surface area contributed by atoms with Crippen LogP contribution in [-0.4, -0.2) is 29.0 Å². The van der Waals surface area contributed by atoms with Crippen LogP contribution in [0.15, 0.2) is 12.5 Å². The van der Waals surface area contributed by atoms with Crippen molar-refractivity contribution >= 4 is 5.91 Å². The summed E-state index contributed by atoms with van der Waals surface area (Å²) in [6.45, 7) is 5.23. The molecule has 0 aliphatic rings. The van der Waals surface area contributed by atoms with Crippen molar-refractivity contribution in [3.63, 3.8) is 0 Å². The second-order valence-corrected chi connectivity index (χ2v) is 4.68. The number of aromatic nitrogens is 2. The summed E-state index contributed by atoms with van der Waals surface area (Å²) < 4.78 is 0. The summed E-state index contributed by atoms with van der Waals surface area (Å²) >= 11 is 0. The number of imidazole rings is 1. The van der Waals surface area contributed by atoms with Gasteiger partial charge in [0.25, 0.3) is 0 Å². The molecule has 1 heterocycles. The standard InChI is InChI=1S/C12H22N4O/c1-9(2)5-10(6-13)12(17)15-4-3-11-7-14-8-16-11/h7-10H,3-6,13H2,1-2H3,(H,14,16)(H,15,17). The van der Waals surface area contributed by atoms with Gasteiger partial charge in [-0.05, 0) is 12.3 Å². The van der Waals surface area contributed by atoms with Crippen molar-refractivity contribution in [3.05, 3.63) is 18.2 Å². The fraction of sp³-hybridized carbons (Fsp3) is 0.667. The zero-order valence-corrected chi connectivity index (χ0v) is 10.6. The van der Waals surface area contributed by atoms with Gasteiger partial charge in [0.1, 0.15) is 0 Å². The molecule has 0 fully saturated rings. The zero-order chi connectivity index (χ0) is 12.7. The second-order valence-electron chi connectivity index (χ2n) is 4.68. The Labute approximate surface area is 102 Å². The first-order chi connectivity index (χ1) is 8.13. The van der Waals surface area contributed by atoms with Crippen molar-refractivity contribution in [2.45, 2.75) is 26.7 Å². The number of nitrogens with two attached hydrogens (primary N) is 1. The molecule has 1 aromatic heterocycles. The van der Waals surface area contributed by atoms with E-state index in [0.29, 0.717) is 19.0 Å². The van der Waals surface area contributed by atoms with E-state index in [4.69, 9.17) is 5.73 Å². The van der Waals surface area contributed by atoms with Crippen LogP contribution in [0.2, 0.25) is 0 Å². The number of nitrogens with one attached hydrogen (secondary N) is 2. The van der Waals surface area contributed by atoms with Crippen molar-refractivity contribution in [2.24, 2.45) is 17.6 Å². The number of rotatable bonds is 7. The van der Waals surface area contributed by atoms with E-state index < -0.39 is 0 Å². The number of carbonyl (C=O) groups excluding carboxylic acids is 1. The number of carbonyl (C=O) groups is 1. The number of hydrogen-bond acceptors (Lipinski definition) is 3. The third-order valence-corrected chi connectivity index (χ3v) is 2.66. The maximum Gasteiger partial charge on any atom is 0.224 e. The molecular weight excluding hydrogens is 216 g/mol. The molecule has 0 aliphatic heterocycles. The predicted molar refractivity (Wildman–Crippen MR) is 67.3 cm³/mol. The predicted octanol–water partition coefficient (Wildman–Crippen LogP) is 0.689. The van der Waals surface area contributed by atoms with Gasteiger partial charge >= 0.3 is 0 Å². The SMILES string of the molecule is CC(C)CC(CN)C(=O)NCCc1cnc[nH]1. The summed E-state index contributed by atoms with van der Waals surface area (Å²) in [5.74, 6) is 0.472. The van der Waals surface area contributed by atoms with Gasteiger partial charge in [-0.2, -0.15) is 0 Å². The zero-order valence-electron chi connectivity index (χ0n) is 10.6. The third-order valence-electron chi connectivity index (χ3n) is 2.66. The maximum absolute atomic E-state index is 11.8. The van der Waals surface area contributed by atoms with Gasteiger partial charge in [-0.3, -0.25) is 4.79 Å². The molecular formula is C12H22N4O. The van der Waals surface area contributed by atoms with E-state index in [-0.39, 0.29) is 11.8 Å². The minimum atomic E-state index is -0.0724. The number of amides is 1.